The van der Waals surface area contributed by atoms with Gasteiger partial charge in [0.2, 0.25) is 0 Å². The predicted molar refractivity (Wildman–Crippen MR) is 50.4 cm³/mol. The summed E-state index contributed by atoms with van der Waals surface area (Å²) in [4.78, 5) is 10.8. The third-order valence-corrected chi connectivity index (χ3v) is 4.76. The molecule has 1 atom stereocenters. The highest BCUT2D eigenvalue weighted by molar-refractivity contribution is 7.93. The van der Waals surface area contributed by atoms with Crippen LogP contribution in [0.1, 0.15) is 33.6 Å². The average Bonchev–Trinajstić information content (AvgIpc) is 2.04. The van der Waals surface area contributed by atoms with Gasteiger partial charge in [-0.05, 0) is 13.3 Å². The number of carbonyl (C=O) groups is 1. The third kappa shape index (κ3) is 2.21. The number of aliphatic carboxylic acids is 1. The molecule has 0 bridgehead atoms. The van der Waals surface area contributed by atoms with E-state index in [4.69, 9.17) is 5.11 Å². The SMILES string of the molecule is CCCC(C)(C(=O)O)S(=O)(=O)CC. The Kier molecular flexibility index (Phi) is 3.90. The van der Waals surface area contributed by atoms with Gasteiger partial charge >= 0.3 is 5.97 Å². The molecular weight excluding hydrogens is 192 g/mol. The molecule has 13 heavy (non-hydrogen) atoms. The normalized spacial score (nSPS) is 16.5. The number of hydrogen-bond donors (Lipinski definition) is 1. The van der Waals surface area contributed by atoms with Gasteiger partial charge in [0.25, 0.3) is 0 Å². The highest BCUT2D eigenvalue weighted by Gasteiger charge is 2.44. The van der Waals surface area contributed by atoms with Gasteiger partial charge in [-0.3, -0.25) is 4.79 Å². The zero-order valence-corrected chi connectivity index (χ0v) is 9.02. The molecular formula is C8H16O4S. The van der Waals surface area contributed by atoms with Crippen molar-refractivity contribution in [3.8, 4) is 0 Å². The summed E-state index contributed by atoms with van der Waals surface area (Å²) in [7, 11) is -3.52. The molecule has 0 aliphatic rings. The topological polar surface area (TPSA) is 71.4 Å². The summed E-state index contributed by atoms with van der Waals surface area (Å²) in [5, 5.41) is 8.85. The molecule has 0 radical (unpaired) electrons. The molecule has 0 aromatic rings. The van der Waals surface area contributed by atoms with E-state index in [2.05, 4.69) is 0 Å². The summed E-state index contributed by atoms with van der Waals surface area (Å²) in [5.74, 6) is -1.38. The van der Waals surface area contributed by atoms with E-state index < -0.39 is 20.6 Å². The first kappa shape index (κ1) is 12.4. The van der Waals surface area contributed by atoms with Crippen LogP contribution in [0.25, 0.3) is 0 Å². The first-order valence-corrected chi connectivity index (χ1v) is 5.92. The number of carboxylic acids is 1. The van der Waals surface area contributed by atoms with E-state index in [1.165, 1.54) is 13.8 Å². The molecule has 0 saturated carbocycles. The maximum Gasteiger partial charge on any atom is 0.324 e. The Labute approximate surface area is 78.9 Å². The standard InChI is InChI=1S/C8H16O4S/c1-4-6-8(3,7(9)10)13(11,12)5-2/h4-6H2,1-3H3,(H,9,10). The molecule has 0 aromatic carbocycles. The van der Waals surface area contributed by atoms with Gasteiger partial charge in [0, 0.05) is 5.75 Å². The Morgan fingerprint density at radius 2 is 1.85 bits per heavy atom. The molecule has 0 heterocycles. The van der Waals surface area contributed by atoms with E-state index in [1.807, 2.05) is 0 Å². The van der Waals surface area contributed by atoms with E-state index in [0.717, 1.165) is 0 Å². The number of hydrogen-bond acceptors (Lipinski definition) is 3. The molecule has 0 aliphatic carbocycles. The van der Waals surface area contributed by atoms with E-state index in [1.54, 1.807) is 6.92 Å². The summed E-state index contributed by atoms with van der Waals surface area (Å²) in [6.45, 7) is 4.51. The van der Waals surface area contributed by atoms with Gasteiger partial charge in [-0.15, -0.1) is 0 Å². The molecule has 0 amide bonds. The first-order valence-electron chi connectivity index (χ1n) is 4.27. The van der Waals surface area contributed by atoms with Gasteiger partial charge in [-0.2, -0.15) is 0 Å². The van der Waals surface area contributed by atoms with Crippen LogP contribution in [0.5, 0.6) is 0 Å². The van der Waals surface area contributed by atoms with E-state index in [-0.39, 0.29) is 12.2 Å². The Morgan fingerprint density at radius 1 is 1.38 bits per heavy atom. The third-order valence-electron chi connectivity index (χ3n) is 2.25. The van der Waals surface area contributed by atoms with Crippen molar-refractivity contribution < 1.29 is 18.3 Å². The molecule has 0 saturated heterocycles. The van der Waals surface area contributed by atoms with Crippen LogP contribution in [-0.2, 0) is 14.6 Å². The van der Waals surface area contributed by atoms with Crippen LogP contribution in [0.3, 0.4) is 0 Å². The lowest BCUT2D eigenvalue weighted by Crippen LogP contribution is -2.44. The lowest BCUT2D eigenvalue weighted by atomic mass is 10.1. The van der Waals surface area contributed by atoms with Crippen LogP contribution in [0.15, 0.2) is 0 Å². The fraction of sp³-hybridized carbons (Fsp3) is 0.875. The molecule has 1 unspecified atom stereocenters. The van der Waals surface area contributed by atoms with E-state index >= 15 is 0 Å². The predicted octanol–water partition coefficient (Wildman–Crippen LogP) is 1.06. The highest BCUT2D eigenvalue weighted by Crippen LogP contribution is 2.24. The fourth-order valence-electron chi connectivity index (χ4n) is 1.19. The van der Waals surface area contributed by atoms with Gasteiger partial charge < -0.3 is 5.11 Å². The summed E-state index contributed by atoms with van der Waals surface area (Å²) in [6, 6.07) is 0. The Balaban J connectivity index is 5.14. The lowest BCUT2D eigenvalue weighted by molar-refractivity contribution is -0.139. The first-order chi connectivity index (χ1) is 5.81. The molecule has 4 nitrogen and oxygen atoms in total. The molecule has 0 aromatic heterocycles. The van der Waals surface area contributed by atoms with Crippen LogP contribution in [0.4, 0.5) is 0 Å². The van der Waals surface area contributed by atoms with Gasteiger partial charge in [0.05, 0.1) is 0 Å². The molecule has 0 spiro atoms. The van der Waals surface area contributed by atoms with E-state index in [0.29, 0.717) is 6.42 Å². The van der Waals surface area contributed by atoms with Crippen molar-refractivity contribution in [3.63, 3.8) is 0 Å². The van der Waals surface area contributed by atoms with Crippen molar-refractivity contribution in [2.45, 2.75) is 38.4 Å². The zero-order valence-electron chi connectivity index (χ0n) is 8.20. The second-order valence-electron chi connectivity index (χ2n) is 3.19. The van der Waals surface area contributed by atoms with Gasteiger partial charge in [0.1, 0.15) is 0 Å². The second-order valence-corrected chi connectivity index (χ2v) is 5.90. The smallest absolute Gasteiger partial charge is 0.324 e. The molecule has 5 heteroatoms. The van der Waals surface area contributed by atoms with Crippen molar-refractivity contribution in [2.75, 3.05) is 5.75 Å². The minimum absolute atomic E-state index is 0.129. The van der Waals surface area contributed by atoms with Crippen molar-refractivity contribution in [2.24, 2.45) is 0 Å². The molecule has 0 rings (SSSR count). The minimum Gasteiger partial charge on any atom is -0.480 e. The monoisotopic (exact) mass is 208 g/mol. The van der Waals surface area contributed by atoms with Crippen molar-refractivity contribution in [1.29, 1.82) is 0 Å². The van der Waals surface area contributed by atoms with Crippen molar-refractivity contribution >= 4 is 15.8 Å². The number of sulfone groups is 1. The average molecular weight is 208 g/mol. The summed E-state index contributed by atoms with van der Waals surface area (Å²) in [6.07, 6.45) is 0.709. The Hall–Kier alpha value is -0.580. The summed E-state index contributed by atoms with van der Waals surface area (Å²) in [5.41, 5.74) is 0. The van der Waals surface area contributed by atoms with Crippen LogP contribution in [0, 0.1) is 0 Å². The van der Waals surface area contributed by atoms with Crippen molar-refractivity contribution in [3.05, 3.63) is 0 Å². The number of rotatable bonds is 5. The maximum absolute atomic E-state index is 11.5. The van der Waals surface area contributed by atoms with Crippen LogP contribution < -0.4 is 0 Å². The van der Waals surface area contributed by atoms with Crippen molar-refractivity contribution in [1.82, 2.24) is 0 Å². The second kappa shape index (κ2) is 4.09. The quantitative estimate of drug-likeness (QED) is 0.733. The molecule has 0 fully saturated rings. The van der Waals surface area contributed by atoms with Crippen LogP contribution in [-0.4, -0.2) is 30.0 Å². The van der Waals surface area contributed by atoms with Gasteiger partial charge in [0.15, 0.2) is 14.6 Å². The van der Waals surface area contributed by atoms with Crippen LogP contribution >= 0.6 is 0 Å². The summed E-state index contributed by atoms with van der Waals surface area (Å²) < 4.78 is 21.3. The largest absolute Gasteiger partial charge is 0.480 e. The number of carboxylic acid groups (broad SMARTS) is 1. The lowest BCUT2D eigenvalue weighted by Gasteiger charge is -2.23. The maximum atomic E-state index is 11.5. The van der Waals surface area contributed by atoms with E-state index in [9.17, 15) is 13.2 Å². The van der Waals surface area contributed by atoms with Gasteiger partial charge in [-0.25, -0.2) is 8.42 Å². The molecule has 78 valence electrons. The zero-order chi connectivity index (χ0) is 10.7. The molecule has 0 aliphatic heterocycles. The Morgan fingerprint density at radius 3 is 2.08 bits per heavy atom. The fourth-order valence-corrected chi connectivity index (χ4v) is 2.61. The summed E-state index contributed by atoms with van der Waals surface area (Å²) >= 11 is 0. The minimum atomic E-state index is -3.52. The highest BCUT2D eigenvalue weighted by atomic mass is 32.2. The van der Waals surface area contributed by atoms with Gasteiger partial charge in [-0.1, -0.05) is 20.3 Å². The van der Waals surface area contributed by atoms with Crippen LogP contribution in [0.2, 0.25) is 0 Å². The molecule has 1 N–H and O–H groups in total. The Bertz CT molecular complexity index is 281.